The number of amides is 1. The van der Waals surface area contributed by atoms with Gasteiger partial charge in [-0.2, -0.15) is 0 Å². The third-order valence-electron chi connectivity index (χ3n) is 4.48. The van der Waals surface area contributed by atoms with Crippen molar-refractivity contribution >= 4 is 16.9 Å². The molecule has 7 heteroatoms. The van der Waals surface area contributed by atoms with E-state index in [9.17, 15) is 14.3 Å². The number of hydrogen-bond donors (Lipinski definition) is 2. The number of β-amino-alcohol motifs (C(OH)–C–C–N with tert-alkyl or cyclic N) is 1. The van der Waals surface area contributed by atoms with Crippen LogP contribution in [0.3, 0.4) is 0 Å². The molecular weight excluding hydrogens is 299 g/mol. The lowest BCUT2D eigenvalue weighted by Gasteiger charge is -2.36. The van der Waals surface area contributed by atoms with Gasteiger partial charge in [0.25, 0.3) is 5.91 Å². The number of aromatic nitrogens is 2. The van der Waals surface area contributed by atoms with E-state index in [4.69, 9.17) is 5.73 Å². The first-order valence-corrected chi connectivity index (χ1v) is 7.82. The summed E-state index contributed by atoms with van der Waals surface area (Å²) < 4.78 is 15.4. The number of primary amides is 1. The summed E-state index contributed by atoms with van der Waals surface area (Å²) in [5.74, 6) is -0.207. The van der Waals surface area contributed by atoms with Gasteiger partial charge in [-0.25, -0.2) is 9.37 Å². The zero-order valence-electron chi connectivity index (χ0n) is 13.1. The van der Waals surface area contributed by atoms with Crippen molar-refractivity contribution in [1.29, 1.82) is 0 Å². The molecule has 1 aliphatic heterocycles. The Balaban J connectivity index is 1.87. The van der Waals surface area contributed by atoms with Crippen molar-refractivity contribution in [3.8, 4) is 0 Å². The molecule has 1 fully saturated rings. The van der Waals surface area contributed by atoms with Crippen molar-refractivity contribution < 1.29 is 14.3 Å². The van der Waals surface area contributed by atoms with Gasteiger partial charge in [-0.1, -0.05) is 0 Å². The van der Waals surface area contributed by atoms with Gasteiger partial charge in [-0.3, -0.25) is 9.69 Å². The van der Waals surface area contributed by atoms with Crippen molar-refractivity contribution in [2.75, 3.05) is 13.1 Å². The monoisotopic (exact) mass is 320 g/mol. The van der Waals surface area contributed by atoms with Gasteiger partial charge < -0.3 is 15.4 Å². The van der Waals surface area contributed by atoms with E-state index in [-0.39, 0.29) is 12.4 Å². The van der Waals surface area contributed by atoms with Gasteiger partial charge in [-0.05, 0) is 38.4 Å². The number of aryl methyl sites for hydroxylation is 1. The summed E-state index contributed by atoms with van der Waals surface area (Å²) in [6.45, 7) is 4.16. The summed E-state index contributed by atoms with van der Waals surface area (Å²) in [7, 11) is 0. The molecule has 0 saturated carbocycles. The van der Waals surface area contributed by atoms with Crippen LogP contribution in [-0.2, 0) is 17.9 Å². The molecule has 1 unspecified atom stereocenters. The normalized spacial score (nSPS) is 22.6. The van der Waals surface area contributed by atoms with Crippen molar-refractivity contribution in [3.63, 3.8) is 0 Å². The first kappa shape index (κ1) is 15.9. The fraction of sp³-hybridized carbons (Fsp3) is 0.500. The molecule has 1 aliphatic rings. The van der Waals surface area contributed by atoms with Gasteiger partial charge in [0.15, 0.2) is 5.60 Å². The molecule has 1 aromatic carbocycles. The van der Waals surface area contributed by atoms with Gasteiger partial charge in [0.2, 0.25) is 0 Å². The number of nitrogens with two attached hydrogens (primary N) is 1. The predicted octanol–water partition coefficient (Wildman–Crippen LogP) is 1.01. The van der Waals surface area contributed by atoms with Gasteiger partial charge in [0, 0.05) is 19.2 Å². The molecular formula is C16H21FN4O2. The van der Waals surface area contributed by atoms with Crippen LogP contribution in [0.4, 0.5) is 4.39 Å². The number of benzene rings is 1. The van der Waals surface area contributed by atoms with Crippen molar-refractivity contribution in [3.05, 3.63) is 29.8 Å². The molecule has 3 rings (SSSR count). The van der Waals surface area contributed by atoms with Crippen LogP contribution in [0.1, 0.15) is 25.6 Å². The molecule has 0 bridgehead atoms. The predicted molar refractivity (Wildman–Crippen MR) is 84.0 cm³/mol. The lowest BCUT2D eigenvalue weighted by atomic mass is 9.92. The molecule has 124 valence electrons. The fourth-order valence-electron chi connectivity index (χ4n) is 3.29. The van der Waals surface area contributed by atoms with E-state index in [0.29, 0.717) is 31.4 Å². The number of hydrogen-bond acceptors (Lipinski definition) is 4. The van der Waals surface area contributed by atoms with Gasteiger partial charge in [0.05, 0.1) is 17.6 Å². The van der Waals surface area contributed by atoms with E-state index >= 15 is 0 Å². The summed E-state index contributed by atoms with van der Waals surface area (Å²) >= 11 is 0. The smallest absolute Gasteiger partial charge is 0.250 e. The Morgan fingerprint density at radius 2 is 2.30 bits per heavy atom. The third kappa shape index (κ3) is 2.94. The number of carbonyl (C=O) groups is 1. The van der Waals surface area contributed by atoms with Crippen LogP contribution < -0.4 is 5.73 Å². The molecule has 1 atom stereocenters. The highest BCUT2D eigenvalue weighted by atomic mass is 19.1. The second-order valence-electron chi connectivity index (χ2n) is 6.12. The van der Waals surface area contributed by atoms with E-state index in [0.717, 1.165) is 17.9 Å². The maximum atomic E-state index is 13.4. The summed E-state index contributed by atoms with van der Waals surface area (Å²) in [5, 5.41) is 10.3. The van der Waals surface area contributed by atoms with Crippen molar-refractivity contribution in [2.24, 2.45) is 5.73 Å². The summed E-state index contributed by atoms with van der Waals surface area (Å²) in [5.41, 5.74) is 5.33. The van der Waals surface area contributed by atoms with Gasteiger partial charge in [-0.15, -0.1) is 0 Å². The lowest BCUT2D eigenvalue weighted by Crippen LogP contribution is -2.55. The number of nitrogens with zero attached hydrogens (tertiary/aromatic N) is 3. The highest BCUT2D eigenvalue weighted by Gasteiger charge is 2.38. The highest BCUT2D eigenvalue weighted by Crippen LogP contribution is 2.24. The number of imidazole rings is 1. The van der Waals surface area contributed by atoms with E-state index < -0.39 is 11.5 Å². The number of rotatable bonds is 4. The van der Waals surface area contributed by atoms with E-state index in [1.54, 1.807) is 6.07 Å². The quantitative estimate of drug-likeness (QED) is 0.880. The summed E-state index contributed by atoms with van der Waals surface area (Å²) in [4.78, 5) is 17.9. The number of likely N-dealkylation sites (tertiary alicyclic amines) is 1. The third-order valence-corrected chi connectivity index (χ3v) is 4.48. The maximum Gasteiger partial charge on any atom is 0.250 e. The molecule has 1 saturated heterocycles. The molecule has 2 heterocycles. The molecule has 23 heavy (non-hydrogen) atoms. The highest BCUT2D eigenvalue weighted by molar-refractivity contribution is 5.83. The first-order valence-electron chi connectivity index (χ1n) is 7.82. The summed E-state index contributed by atoms with van der Waals surface area (Å²) in [6.07, 6.45) is 1.08. The van der Waals surface area contributed by atoms with E-state index in [2.05, 4.69) is 4.98 Å². The van der Waals surface area contributed by atoms with Crippen LogP contribution >= 0.6 is 0 Å². The topological polar surface area (TPSA) is 84.4 Å². The average Bonchev–Trinajstić information content (AvgIpc) is 2.83. The zero-order chi connectivity index (χ0) is 16.6. The molecule has 0 radical (unpaired) electrons. The Hall–Kier alpha value is -1.99. The number of piperidine rings is 1. The summed E-state index contributed by atoms with van der Waals surface area (Å²) in [6, 6.07) is 4.56. The Kier molecular flexibility index (Phi) is 4.08. The minimum atomic E-state index is -1.48. The SMILES string of the molecule is CCn1c(CN2CCCC(O)(C(N)=O)C2)nc2cc(F)ccc21. The van der Waals surface area contributed by atoms with Crippen LogP contribution in [-0.4, -0.2) is 44.2 Å². The largest absolute Gasteiger partial charge is 0.379 e. The molecule has 1 aromatic heterocycles. The van der Waals surface area contributed by atoms with Crippen LogP contribution in [0.25, 0.3) is 11.0 Å². The standard InChI is InChI=1S/C16H21FN4O2/c1-2-21-13-5-4-11(17)8-12(13)19-14(21)9-20-7-3-6-16(23,10-20)15(18)22/h4-5,8,23H,2-3,6-7,9-10H2,1H3,(H2,18,22). The zero-order valence-corrected chi connectivity index (χ0v) is 13.1. The number of halogens is 1. The molecule has 3 N–H and O–H groups in total. The van der Waals surface area contributed by atoms with Crippen LogP contribution in [0, 0.1) is 5.82 Å². The Morgan fingerprint density at radius 3 is 3.00 bits per heavy atom. The molecule has 2 aromatic rings. The second-order valence-corrected chi connectivity index (χ2v) is 6.12. The number of fused-ring (bicyclic) bond motifs is 1. The Bertz CT molecular complexity index is 745. The Morgan fingerprint density at radius 1 is 1.52 bits per heavy atom. The van der Waals surface area contributed by atoms with Crippen LogP contribution in [0.2, 0.25) is 0 Å². The lowest BCUT2D eigenvalue weighted by molar-refractivity contribution is -0.142. The van der Waals surface area contributed by atoms with Gasteiger partial charge in [0.1, 0.15) is 11.6 Å². The average molecular weight is 320 g/mol. The Labute approximate surface area is 133 Å². The van der Waals surface area contributed by atoms with Crippen LogP contribution in [0.5, 0.6) is 0 Å². The fourth-order valence-corrected chi connectivity index (χ4v) is 3.29. The number of aliphatic hydroxyl groups is 1. The van der Waals surface area contributed by atoms with E-state index in [1.807, 2.05) is 16.4 Å². The van der Waals surface area contributed by atoms with E-state index in [1.165, 1.54) is 12.1 Å². The van der Waals surface area contributed by atoms with Crippen molar-refractivity contribution in [2.45, 2.75) is 38.5 Å². The number of carbonyl (C=O) groups excluding carboxylic acids is 1. The second kappa shape index (κ2) is 5.90. The molecule has 0 spiro atoms. The molecule has 1 amide bonds. The van der Waals surface area contributed by atoms with Crippen molar-refractivity contribution in [1.82, 2.24) is 14.5 Å². The first-order chi connectivity index (χ1) is 10.9. The van der Waals surface area contributed by atoms with Gasteiger partial charge >= 0.3 is 0 Å². The minimum Gasteiger partial charge on any atom is -0.379 e. The molecule has 0 aliphatic carbocycles. The maximum absolute atomic E-state index is 13.4. The minimum absolute atomic E-state index is 0.198. The molecule has 6 nitrogen and oxygen atoms in total. The van der Waals surface area contributed by atoms with Crippen LogP contribution in [0.15, 0.2) is 18.2 Å².